The summed E-state index contributed by atoms with van der Waals surface area (Å²) >= 11 is 0. The van der Waals surface area contributed by atoms with Crippen molar-refractivity contribution in [2.45, 2.75) is 61.9 Å². The van der Waals surface area contributed by atoms with Gasteiger partial charge in [0, 0.05) is 30.0 Å². The first-order valence-electron chi connectivity index (χ1n) is 10.8. The van der Waals surface area contributed by atoms with Gasteiger partial charge in [-0.1, -0.05) is 6.07 Å². The summed E-state index contributed by atoms with van der Waals surface area (Å²) in [6, 6.07) is 4.56. The van der Waals surface area contributed by atoms with Crippen LogP contribution in [0, 0.1) is 11.8 Å². The maximum atomic E-state index is 10.6. The average Bonchev–Trinajstić information content (AvgIpc) is 3.24. The number of likely N-dealkylation sites (tertiary alicyclic amines) is 1. The fourth-order valence-electron chi connectivity index (χ4n) is 7.22. The zero-order valence-corrected chi connectivity index (χ0v) is 15.7. The van der Waals surface area contributed by atoms with E-state index >= 15 is 0 Å². The lowest BCUT2D eigenvalue weighted by Crippen LogP contribution is -2.70. The van der Waals surface area contributed by atoms with Gasteiger partial charge in [-0.2, -0.15) is 0 Å². The summed E-state index contributed by atoms with van der Waals surface area (Å²) in [4.78, 5) is 2.78. The highest BCUT2D eigenvalue weighted by Gasteiger charge is 2.71. The van der Waals surface area contributed by atoms with Crippen LogP contribution in [0.5, 0.6) is 11.5 Å². The lowest BCUT2D eigenvalue weighted by molar-refractivity contribution is -0.261. The van der Waals surface area contributed by atoms with E-state index in [0.29, 0.717) is 25.2 Å². The second kappa shape index (κ2) is 5.00. The molecular weight excluding hydrogens is 342 g/mol. The fourth-order valence-corrected chi connectivity index (χ4v) is 7.22. The number of phenols is 1. The Morgan fingerprint density at radius 1 is 1.11 bits per heavy atom. The molecule has 1 N–H and O–H groups in total. The maximum Gasteiger partial charge on any atom is 0.206 e. The molecule has 2 saturated carbocycles. The van der Waals surface area contributed by atoms with E-state index in [2.05, 4.69) is 11.0 Å². The number of benzene rings is 1. The van der Waals surface area contributed by atoms with E-state index in [1.54, 1.807) is 0 Å². The summed E-state index contributed by atoms with van der Waals surface area (Å²) in [5.74, 6) is 1.87. The van der Waals surface area contributed by atoms with E-state index in [4.69, 9.17) is 14.2 Å². The van der Waals surface area contributed by atoms with Gasteiger partial charge in [0.05, 0.1) is 13.2 Å². The molecule has 0 amide bonds. The number of ether oxygens (including phenoxy) is 3. The van der Waals surface area contributed by atoms with Gasteiger partial charge in [0.25, 0.3) is 0 Å². The molecule has 144 valence electrons. The predicted molar refractivity (Wildman–Crippen MR) is 98.0 cm³/mol. The van der Waals surface area contributed by atoms with Gasteiger partial charge in [-0.05, 0) is 62.1 Å². The van der Waals surface area contributed by atoms with Crippen molar-refractivity contribution in [1.29, 1.82) is 0 Å². The van der Waals surface area contributed by atoms with Gasteiger partial charge in [0.1, 0.15) is 0 Å². The van der Waals surface area contributed by atoms with Crippen LogP contribution < -0.4 is 4.74 Å². The van der Waals surface area contributed by atoms with Gasteiger partial charge in [0.15, 0.2) is 17.6 Å². The van der Waals surface area contributed by atoms with Crippen molar-refractivity contribution in [2.75, 3.05) is 26.3 Å². The van der Waals surface area contributed by atoms with Crippen molar-refractivity contribution < 1.29 is 19.3 Å². The second-order valence-electron chi connectivity index (χ2n) is 9.60. The van der Waals surface area contributed by atoms with Crippen molar-refractivity contribution in [1.82, 2.24) is 4.90 Å². The number of hydrogen-bond donors (Lipinski definition) is 1. The molecule has 5 heteroatoms. The van der Waals surface area contributed by atoms with Crippen molar-refractivity contribution in [3.8, 4) is 11.5 Å². The summed E-state index contributed by atoms with van der Waals surface area (Å²) in [6.07, 6.45) is 6.89. The molecule has 4 fully saturated rings. The second-order valence-corrected chi connectivity index (χ2v) is 9.60. The van der Waals surface area contributed by atoms with E-state index in [1.807, 2.05) is 6.07 Å². The first-order chi connectivity index (χ1) is 13.2. The lowest BCUT2D eigenvalue weighted by atomic mass is 9.50. The molecule has 27 heavy (non-hydrogen) atoms. The van der Waals surface area contributed by atoms with E-state index in [0.717, 1.165) is 43.9 Å². The fraction of sp³-hybridized carbons (Fsp3) is 0.727. The van der Waals surface area contributed by atoms with Crippen molar-refractivity contribution >= 4 is 0 Å². The Morgan fingerprint density at radius 3 is 2.78 bits per heavy atom. The van der Waals surface area contributed by atoms with Crippen LogP contribution in [0.4, 0.5) is 0 Å². The molecule has 1 aromatic carbocycles. The molecule has 1 aromatic rings. The molecule has 2 saturated heterocycles. The zero-order chi connectivity index (χ0) is 17.8. The Morgan fingerprint density at radius 2 is 1.96 bits per heavy atom. The Labute approximate surface area is 159 Å². The third-order valence-corrected chi connectivity index (χ3v) is 8.40. The number of nitrogens with zero attached hydrogens (tertiary/aromatic N) is 1. The smallest absolute Gasteiger partial charge is 0.206 e. The number of rotatable bonds is 2. The third kappa shape index (κ3) is 1.82. The van der Waals surface area contributed by atoms with Crippen LogP contribution in [0.15, 0.2) is 12.1 Å². The quantitative estimate of drug-likeness (QED) is 0.868. The minimum atomic E-state index is -0.625. The highest BCUT2D eigenvalue weighted by atomic mass is 16.8. The van der Waals surface area contributed by atoms with Crippen LogP contribution in [0.1, 0.15) is 43.2 Å². The van der Waals surface area contributed by atoms with Crippen LogP contribution in [0.25, 0.3) is 0 Å². The Kier molecular flexibility index (Phi) is 2.89. The molecule has 2 bridgehead atoms. The topological polar surface area (TPSA) is 51.2 Å². The van der Waals surface area contributed by atoms with Crippen LogP contribution in [0.2, 0.25) is 0 Å². The van der Waals surface area contributed by atoms with Crippen LogP contribution >= 0.6 is 0 Å². The summed E-state index contributed by atoms with van der Waals surface area (Å²) < 4.78 is 19.0. The van der Waals surface area contributed by atoms with Gasteiger partial charge < -0.3 is 19.3 Å². The van der Waals surface area contributed by atoms with E-state index in [9.17, 15) is 5.11 Å². The minimum absolute atomic E-state index is 0.0606. The van der Waals surface area contributed by atoms with E-state index in [-0.39, 0.29) is 17.3 Å². The normalized spacial score (nSPS) is 40.8. The largest absolute Gasteiger partial charge is 0.504 e. The van der Waals surface area contributed by atoms with Gasteiger partial charge in [0.2, 0.25) is 5.79 Å². The molecular formula is C22H27NO4. The van der Waals surface area contributed by atoms with Crippen LogP contribution in [-0.2, 0) is 21.3 Å². The molecule has 0 radical (unpaired) electrons. The molecule has 3 aliphatic heterocycles. The molecule has 2 spiro atoms. The Hall–Kier alpha value is -1.30. The standard InChI is InChI=1S/C22H27NO4/c24-17-4-3-14-11-16-15-5-6-22(25-9-10-26-22)20-21(15,18(14)19(17)27-20)7-8-23(16)12-13-1-2-13/h3-4,13,15-16,20,24H,1-2,5-12H2/t15-,16+,20+,21-/m0/s1. The van der Waals surface area contributed by atoms with E-state index in [1.165, 1.54) is 30.5 Å². The number of aromatic hydroxyl groups is 1. The summed E-state index contributed by atoms with van der Waals surface area (Å²) in [5, 5.41) is 10.6. The van der Waals surface area contributed by atoms with Crippen LogP contribution in [0.3, 0.4) is 0 Å². The van der Waals surface area contributed by atoms with E-state index < -0.39 is 5.79 Å². The lowest BCUT2D eigenvalue weighted by Gasteiger charge is -2.61. The summed E-state index contributed by atoms with van der Waals surface area (Å²) in [6.45, 7) is 3.68. The molecule has 5 nitrogen and oxygen atoms in total. The molecule has 3 aliphatic carbocycles. The Balaban J connectivity index is 1.41. The maximum absolute atomic E-state index is 10.6. The van der Waals surface area contributed by atoms with Gasteiger partial charge in [-0.25, -0.2) is 0 Å². The first kappa shape index (κ1) is 15.6. The minimum Gasteiger partial charge on any atom is -0.504 e. The Bertz CT molecular complexity index is 815. The predicted octanol–water partition coefficient (Wildman–Crippen LogP) is 2.58. The van der Waals surface area contributed by atoms with Gasteiger partial charge >= 0.3 is 0 Å². The first-order valence-corrected chi connectivity index (χ1v) is 10.8. The summed E-state index contributed by atoms with van der Waals surface area (Å²) in [7, 11) is 0. The molecule has 7 rings (SSSR count). The SMILES string of the molecule is Oc1ccc2c3c1O[C@H]1C4(CC[C@H]5[C@@H](C2)N(CC2CC2)CC[C@@]351)OCCO4. The van der Waals surface area contributed by atoms with Crippen molar-refractivity contribution in [3.05, 3.63) is 23.3 Å². The number of phenolic OH excluding ortho intramolecular Hbond substituents is 1. The highest BCUT2D eigenvalue weighted by Crippen LogP contribution is 2.66. The van der Waals surface area contributed by atoms with Crippen LogP contribution in [-0.4, -0.2) is 54.2 Å². The number of fused-ring (bicyclic) bond motifs is 1. The van der Waals surface area contributed by atoms with Crippen molar-refractivity contribution in [3.63, 3.8) is 0 Å². The molecule has 0 unspecified atom stereocenters. The monoisotopic (exact) mass is 369 g/mol. The molecule has 6 aliphatic rings. The number of piperidine rings is 1. The number of hydrogen-bond acceptors (Lipinski definition) is 5. The van der Waals surface area contributed by atoms with Gasteiger partial charge in [-0.3, -0.25) is 4.90 Å². The third-order valence-electron chi connectivity index (χ3n) is 8.40. The molecule has 4 atom stereocenters. The van der Waals surface area contributed by atoms with Gasteiger partial charge in [-0.15, -0.1) is 0 Å². The molecule has 3 heterocycles. The molecule has 0 aromatic heterocycles. The average molecular weight is 369 g/mol. The zero-order valence-electron chi connectivity index (χ0n) is 15.7. The summed E-state index contributed by atoms with van der Waals surface area (Å²) in [5.41, 5.74) is 2.61. The highest BCUT2D eigenvalue weighted by molar-refractivity contribution is 5.61. The van der Waals surface area contributed by atoms with Crippen molar-refractivity contribution in [2.24, 2.45) is 11.8 Å².